The van der Waals surface area contributed by atoms with Gasteiger partial charge in [0.2, 0.25) is 5.91 Å². The van der Waals surface area contributed by atoms with Gasteiger partial charge in [-0.05, 0) is 35.9 Å². The third-order valence-corrected chi connectivity index (χ3v) is 3.44. The molecule has 0 fully saturated rings. The second kappa shape index (κ2) is 7.93. The molecule has 2 heterocycles. The average Bonchev–Trinajstić information content (AvgIpc) is 3.16. The van der Waals surface area contributed by atoms with E-state index in [0.29, 0.717) is 17.3 Å². The van der Waals surface area contributed by atoms with E-state index < -0.39 is 5.91 Å². The number of anilines is 1. The Labute approximate surface area is 149 Å². The highest BCUT2D eigenvalue weighted by Crippen LogP contribution is 2.13. The van der Waals surface area contributed by atoms with Crippen LogP contribution in [0.1, 0.15) is 5.56 Å². The predicted octanol–water partition coefficient (Wildman–Crippen LogP) is 1.31. The number of pyridine rings is 1. The molecule has 0 aliphatic carbocycles. The first-order chi connectivity index (χ1) is 12.6. The van der Waals surface area contributed by atoms with Crippen LogP contribution in [-0.4, -0.2) is 33.2 Å². The number of carbonyl (C=O) groups is 2. The Morgan fingerprint density at radius 2 is 1.96 bits per heavy atom. The Morgan fingerprint density at radius 1 is 1.15 bits per heavy atom. The molecule has 0 spiro atoms. The second-order valence-electron chi connectivity index (χ2n) is 5.48. The number of primary amides is 1. The van der Waals surface area contributed by atoms with Gasteiger partial charge in [0, 0.05) is 12.4 Å². The van der Waals surface area contributed by atoms with Crippen molar-refractivity contribution >= 4 is 17.5 Å². The van der Waals surface area contributed by atoms with Crippen molar-refractivity contribution in [3.8, 4) is 11.6 Å². The van der Waals surface area contributed by atoms with Crippen molar-refractivity contribution in [1.82, 2.24) is 14.8 Å². The van der Waals surface area contributed by atoms with Gasteiger partial charge in [0.15, 0.2) is 12.4 Å². The number of amides is 2. The molecule has 0 bridgehead atoms. The van der Waals surface area contributed by atoms with Gasteiger partial charge in [-0.2, -0.15) is 5.10 Å². The molecule has 0 aliphatic rings. The van der Waals surface area contributed by atoms with Crippen LogP contribution in [0.5, 0.6) is 5.75 Å². The zero-order valence-electron chi connectivity index (χ0n) is 13.8. The Hall–Kier alpha value is -3.68. The van der Waals surface area contributed by atoms with Gasteiger partial charge in [-0.1, -0.05) is 12.1 Å². The molecular weight excluding hydrogens is 334 g/mol. The van der Waals surface area contributed by atoms with Crippen LogP contribution in [0.3, 0.4) is 0 Å². The normalized spacial score (nSPS) is 10.3. The van der Waals surface area contributed by atoms with E-state index >= 15 is 0 Å². The summed E-state index contributed by atoms with van der Waals surface area (Å²) in [7, 11) is 0. The smallest absolute Gasteiger partial charge is 0.262 e. The third kappa shape index (κ3) is 4.67. The number of rotatable bonds is 7. The molecule has 8 nitrogen and oxygen atoms in total. The van der Waals surface area contributed by atoms with Crippen molar-refractivity contribution in [2.24, 2.45) is 5.73 Å². The van der Waals surface area contributed by atoms with Gasteiger partial charge in [-0.3, -0.25) is 9.59 Å². The lowest BCUT2D eigenvalue weighted by atomic mass is 10.1. The van der Waals surface area contributed by atoms with E-state index in [2.05, 4.69) is 15.4 Å². The van der Waals surface area contributed by atoms with Gasteiger partial charge in [0.25, 0.3) is 5.91 Å². The van der Waals surface area contributed by atoms with Gasteiger partial charge in [0.05, 0.1) is 18.3 Å². The van der Waals surface area contributed by atoms with Crippen molar-refractivity contribution in [1.29, 1.82) is 0 Å². The predicted molar refractivity (Wildman–Crippen MR) is 94.8 cm³/mol. The lowest BCUT2D eigenvalue weighted by molar-refractivity contribution is -0.118. The van der Waals surface area contributed by atoms with E-state index in [0.717, 1.165) is 5.56 Å². The summed E-state index contributed by atoms with van der Waals surface area (Å²) in [5.74, 6) is 0.478. The molecule has 0 aliphatic heterocycles. The summed E-state index contributed by atoms with van der Waals surface area (Å²) >= 11 is 0. The number of nitrogens with zero attached hydrogens (tertiary/aromatic N) is 3. The first kappa shape index (κ1) is 17.2. The summed E-state index contributed by atoms with van der Waals surface area (Å²) in [5, 5.41) is 6.79. The van der Waals surface area contributed by atoms with Crippen LogP contribution >= 0.6 is 0 Å². The molecule has 132 valence electrons. The van der Waals surface area contributed by atoms with Crippen LogP contribution in [-0.2, 0) is 16.0 Å². The molecule has 2 amide bonds. The lowest BCUT2D eigenvalue weighted by Crippen LogP contribution is -2.20. The second-order valence-corrected chi connectivity index (χ2v) is 5.48. The average molecular weight is 351 g/mol. The zero-order chi connectivity index (χ0) is 18.4. The van der Waals surface area contributed by atoms with Crippen molar-refractivity contribution in [2.75, 3.05) is 11.9 Å². The van der Waals surface area contributed by atoms with Crippen LogP contribution in [0.4, 0.5) is 5.69 Å². The fraction of sp³-hybridized carbons (Fsp3) is 0.111. The molecule has 26 heavy (non-hydrogen) atoms. The SMILES string of the molecule is NC(=O)Cc1ccc(OCC(=O)Nc2ccc(-n3cccn3)nc2)cc1. The number of hydrogen-bond acceptors (Lipinski definition) is 5. The Balaban J connectivity index is 1.50. The Bertz CT molecular complexity index is 874. The molecule has 1 aromatic carbocycles. The van der Waals surface area contributed by atoms with Crippen LogP contribution < -0.4 is 15.8 Å². The van der Waals surface area contributed by atoms with Crippen LogP contribution in [0.15, 0.2) is 61.1 Å². The van der Waals surface area contributed by atoms with Crippen molar-refractivity contribution in [3.63, 3.8) is 0 Å². The fourth-order valence-electron chi connectivity index (χ4n) is 2.25. The van der Waals surface area contributed by atoms with E-state index in [9.17, 15) is 9.59 Å². The van der Waals surface area contributed by atoms with E-state index in [-0.39, 0.29) is 18.9 Å². The maximum atomic E-state index is 12.0. The first-order valence-electron chi connectivity index (χ1n) is 7.86. The number of nitrogens with one attached hydrogen (secondary N) is 1. The Morgan fingerprint density at radius 3 is 2.58 bits per heavy atom. The molecule has 2 aromatic heterocycles. The molecule has 3 aromatic rings. The first-order valence-corrected chi connectivity index (χ1v) is 7.86. The quantitative estimate of drug-likeness (QED) is 0.666. The molecule has 0 saturated heterocycles. The maximum absolute atomic E-state index is 12.0. The monoisotopic (exact) mass is 351 g/mol. The zero-order valence-corrected chi connectivity index (χ0v) is 13.8. The molecule has 0 unspecified atom stereocenters. The van der Waals surface area contributed by atoms with E-state index in [4.69, 9.17) is 10.5 Å². The van der Waals surface area contributed by atoms with E-state index in [1.807, 2.05) is 0 Å². The van der Waals surface area contributed by atoms with E-state index in [1.54, 1.807) is 65.7 Å². The summed E-state index contributed by atoms with van der Waals surface area (Å²) in [6.45, 7) is -0.143. The van der Waals surface area contributed by atoms with Gasteiger partial charge in [-0.15, -0.1) is 0 Å². The number of hydrogen-bond donors (Lipinski definition) is 2. The van der Waals surface area contributed by atoms with Gasteiger partial charge in [-0.25, -0.2) is 9.67 Å². The minimum absolute atomic E-state index is 0.143. The highest BCUT2D eigenvalue weighted by Gasteiger charge is 2.06. The summed E-state index contributed by atoms with van der Waals surface area (Å²) in [5.41, 5.74) is 6.49. The van der Waals surface area contributed by atoms with Crippen LogP contribution in [0, 0.1) is 0 Å². The van der Waals surface area contributed by atoms with Gasteiger partial charge in [0.1, 0.15) is 5.75 Å². The fourth-order valence-corrected chi connectivity index (χ4v) is 2.25. The summed E-state index contributed by atoms with van der Waals surface area (Å²) in [6, 6.07) is 12.1. The number of nitrogens with two attached hydrogens (primary N) is 1. The van der Waals surface area contributed by atoms with Crippen molar-refractivity contribution < 1.29 is 14.3 Å². The molecular formula is C18H17N5O3. The molecule has 8 heteroatoms. The van der Waals surface area contributed by atoms with Crippen molar-refractivity contribution in [2.45, 2.75) is 6.42 Å². The maximum Gasteiger partial charge on any atom is 0.262 e. The third-order valence-electron chi connectivity index (χ3n) is 3.44. The largest absolute Gasteiger partial charge is 0.484 e. The van der Waals surface area contributed by atoms with Crippen LogP contribution in [0.2, 0.25) is 0 Å². The molecule has 0 atom stereocenters. The standard InChI is InChI=1S/C18H17N5O3/c19-16(24)10-13-2-5-15(6-3-13)26-12-18(25)22-14-4-7-17(20-11-14)23-9-1-8-21-23/h1-9,11H,10,12H2,(H2,19,24)(H,22,25). The molecule has 3 rings (SSSR count). The van der Waals surface area contributed by atoms with Crippen molar-refractivity contribution in [3.05, 3.63) is 66.6 Å². The summed E-state index contributed by atoms with van der Waals surface area (Å²) in [6.07, 6.45) is 5.16. The molecule has 0 saturated carbocycles. The van der Waals surface area contributed by atoms with E-state index in [1.165, 1.54) is 0 Å². The van der Waals surface area contributed by atoms with Gasteiger partial charge < -0.3 is 15.8 Å². The lowest BCUT2D eigenvalue weighted by Gasteiger charge is -2.08. The number of aromatic nitrogens is 3. The highest BCUT2D eigenvalue weighted by molar-refractivity contribution is 5.91. The summed E-state index contributed by atoms with van der Waals surface area (Å²) < 4.78 is 7.04. The van der Waals surface area contributed by atoms with Crippen LogP contribution in [0.25, 0.3) is 5.82 Å². The Kier molecular flexibility index (Phi) is 5.23. The minimum atomic E-state index is -0.398. The highest BCUT2D eigenvalue weighted by atomic mass is 16.5. The number of benzene rings is 1. The van der Waals surface area contributed by atoms with Gasteiger partial charge >= 0.3 is 0 Å². The number of carbonyl (C=O) groups excluding carboxylic acids is 2. The molecule has 3 N–H and O–H groups in total. The number of ether oxygens (including phenoxy) is 1. The summed E-state index contributed by atoms with van der Waals surface area (Å²) in [4.78, 5) is 27.1. The minimum Gasteiger partial charge on any atom is -0.484 e. The topological polar surface area (TPSA) is 112 Å². The molecule has 0 radical (unpaired) electrons.